The number of benzene rings is 2. The van der Waals surface area contributed by atoms with E-state index in [1.165, 1.54) is 7.05 Å². The van der Waals surface area contributed by atoms with E-state index in [2.05, 4.69) is 33.4 Å². The van der Waals surface area contributed by atoms with E-state index < -0.39 is 54.0 Å². The zero-order valence-electron chi connectivity index (χ0n) is 30.3. The van der Waals surface area contributed by atoms with Gasteiger partial charge in [-0.2, -0.15) is 0 Å². The summed E-state index contributed by atoms with van der Waals surface area (Å²) in [5, 5.41) is 10.8. The number of carbonyl (C=O) groups excluding carboxylic acids is 5. The standard InChI is InChI=1S/C39H54N4O7/c1-24(2)20-31(35(45)40-6)41-37(47)33(22-34(44)50-39(3,4)5)42-36(46)32(21-25-14-8-7-9-15-25)43-38(48)49-23-30-28-18-12-10-16-26(28)27-17-11-13-19-29(27)30/h10-13,16-19,24-25,30-33H,7-9,14-15,20-23H2,1-6H3,(H,40,45)(H,41,47)(H,42,46)(H,43,48)/t31-,32-,33-/m0/s1. The van der Waals surface area contributed by atoms with Gasteiger partial charge in [0, 0.05) is 13.0 Å². The summed E-state index contributed by atoms with van der Waals surface area (Å²) in [4.78, 5) is 66.6. The summed E-state index contributed by atoms with van der Waals surface area (Å²) in [7, 11) is 1.48. The summed E-state index contributed by atoms with van der Waals surface area (Å²) in [5.74, 6) is -2.27. The molecule has 1 fully saturated rings. The molecule has 50 heavy (non-hydrogen) atoms. The largest absolute Gasteiger partial charge is 0.460 e. The quantitative estimate of drug-likeness (QED) is 0.195. The van der Waals surface area contributed by atoms with Gasteiger partial charge in [0.2, 0.25) is 17.7 Å². The molecule has 0 saturated heterocycles. The lowest BCUT2D eigenvalue weighted by molar-refractivity contribution is -0.156. The molecule has 2 aliphatic carbocycles. The van der Waals surface area contributed by atoms with Crippen LogP contribution in [0.1, 0.15) is 103 Å². The van der Waals surface area contributed by atoms with E-state index in [0.717, 1.165) is 54.4 Å². The lowest BCUT2D eigenvalue weighted by atomic mass is 9.84. The molecule has 0 unspecified atom stereocenters. The van der Waals surface area contributed by atoms with Gasteiger partial charge in [-0.1, -0.05) is 94.5 Å². The Morgan fingerprint density at radius 3 is 1.88 bits per heavy atom. The van der Waals surface area contributed by atoms with Crippen LogP contribution in [-0.4, -0.2) is 67.2 Å². The van der Waals surface area contributed by atoms with Crippen LogP contribution in [0.5, 0.6) is 0 Å². The lowest BCUT2D eigenvalue weighted by Gasteiger charge is -2.29. The Hall–Kier alpha value is -4.41. The smallest absolute Gasteiger partial charge is 0.407 e. The van der Waals surface area contributed by atoms with Crippen molar-refractivity contribution in [1.29, 1.82) is 0 Å². The first kappa shape index (κ1) is 38.4. The molecular formula is C39H54N4O7. The molecule has 0 radical (unpaired) electrons. The van der Waals surface area contributed by atoms with Gasteiger partial charge in [-0.3, -0.25) is 19.2 Å². The highest BCUT2D eigenvalue weighted by Crippen LogP contribution is 2.44. The fraction of sp³-hybridized carbons (Fsp3) is 0.564. The summed E-state index contributed by atoms with van der Waals surface area (Å²) in [5.41, 5.74) is 3.53. The van der Waals surface area contributed by atoms with E-state index in [9.17, 15) is 24.0 Å². The minimum absolute atomic E-state index is 0.0813. The number of ether oxygens (including phenoxy) is 2. The van der Waals surface area contributed by atoms with Crippen molar-refractivity contribution < 1.29 is 33.4 Å². The molecule has 1 saturated carbocycles. The highest BCUT2D eigenvalue weighted by Gasteiger charge is 2.35. The zero-order valence-corrected chi connectivity index (χ0v) is 30.3. The predicted octanol–water partition coefficient (Wildman–Crippen LogP) is 5.36. The summed E-state index contributed by atoms with van der Waals surface area (Å²) in [6.45, 7) is 9.06. The van der Waals surface area contributed by atoms with Gasteiger partial charge in [-0.05, 0) is 67.7 Å². The molecule has 4 N–H and O–H groups in total. The normalized spacial score (nSPS) is 16.3. The van der Waals surface area contributed by atoms with Crippen LogP contribution in [0.3, 0.4) is 0 Å². The van der Waals surface area contributed by atoms with Crippen molar-refractivity contribution in [1.82, 2.24) is 21.3 Å². The molecular weight excluding hydrogens is 636 g/mol. The topological polar surface area (TPSA) is 152 Å². The third-order valence-electron chi connectivity index (χ3n) is 9.26. The van der Waals surface area contributed by atoms with Crippen LogP contribution in [0.15, 0.2) is 48.5 Å². The van der Waals surface area contributed by atoms with E-state index in [1.54, 1.807) is 20.8 Å². The molecule has 2 aromatic rings. The molecule has 272 valence electrons. The van der Waals surface area contributed by atoms with E-state index in [0.29, 0.717) is 12.8 Å². The number of esters is 1. The Bertz CT molecular complexity index is 1470. The number of nitrogens with one attached hydrogen (secondary N) is 4. The summed E-state index contributed by atoms with van der Waals surface area (Å²) in [6, 6.07) is 12.8. The van der Waals surface area contributed by atoms with Crippen molar-refractivity contribution >= 4 is 29.8 Å². The molecule has 0 heterocycles. The second-order valence-corrected chi connectivity index (χ2v) is 14.9. The number of hydrogen-bond donors (Lipinski definition) is 4. The molecule has 3 atom stereocenters. The van der Waals surface area contributed by atoms with Gasteiger partial charge in [-0.25, -0.2) is 4.79 Å². The SMILES string of the molecule is CNC(=O)[C@H](CC(C)C)NC(=O)[C@H](CC(=O)OC(C)(C)C)NC(=O)[C@H](CC1CCCCC1)NC(=O)OCC1c2ccccc2-c2ccccc21. The Kier molecular flexibility index (Phi) is 13.4. The Morgan fingerprint density at radius 2 is 1.32 bits per heavy atom. The molecule has 11 heteroatoms. The monoisotopic (exact) mass is 690 g/mol. The van der Waals surface area contributed by atoms with E-state index in [4.69, 9.17) is 9.47 Å². The summed E-state index contributed by atoms with van der Waals surface area (Å²) in [6.07, 6.45) is 4.52. The van der Waals surface area contributed by atoms with Crippen molar-refractivity contribution in [3.63, 3.8) is 0 Å². The summed E-state index contributed by atoms with van der Waals surface area (Å²) < 4.78 is 11.3. The zero-order chi connectivity index (χ0) is 36.4. The van der Waals surface area contributed by atoms with Crippen molar-refractivity contribution in [2.75, 3.05) is 13.7 Å². The number of alkyl carbamates (subject to hydrolysis) is 1. The average molecular weight is 691 g/mol. The minimum Gasteiger partial charge on any atom is -0.460 e. The third-order valence-corrected chi connectivity index (χ3v) is 9.26. The van der Waals surface area contributed by atoms with Gasteiger partial charge >= 0.3 is 12.1 Å². The van der Waals surface area contributed by atoms with Gasteiger partial charge in [0.05, 0.1) is 6.42 Å². The molecule has 0 spiro atoms. The fourth-order valence-corrected chi connectivity index (χ4v) is 6.95. The van der Waals surface area contributed by atoms with Crippen LogP contribution in [-0.2, 0) is 28.7 Å². The van der Waals surface area contributed by atoms with Gasteiger partial charge in [0.1, 0.15) is 30.3 Å². The number of carbonyl (C=O) groups is 5. The second-order valence-electron chi connectivity index (χ2n) is 14.9. The first-order chi connectivity index (χ1) is 23.8. The van der Waals surface area contributed by atoms with Crippen LogP contribution in [0, 0.1) is 11.8 Å². The van der Waals surface area contributed by atoms with Crippen LogP contribution in [0.4, 0.5) is 4.79 Å². The van der Waals surface area contributed by atoms with Gasteiger partial charge in [0.15, 0.2) is 0 Å². The van der Waals surface area contributed by atoms with Crippen molar-refractivity contribution in [3.8, 4) is 11.1 Å². The molecule has 0 bridgehead atoms. The molecule has 2 aromatic carbocycles. The van der Waals surface area contributed by atoms with Crippen LogP contribution in [0.2, 0.25) is 0 Å². The van der Waals surface area contributed by atoms with E-state index >= 15 is 0 Å². The molecule has 0 aromatic heterocycles. The number of rotatable bonds is 14. The molecule has 4 amide bonds. The summed E-state index contributed by atoms with van der Waals surface area (Å²) >= 11 is 0. The number of fused-ring (bicyclic) bond motifs is 3. The van der Waals surface area contributed by atoms with E-state index in [-0.39, 0.29) is 30.3 Å². The highest BCUT2D eigenvalue weighted by molar-refractivity contribution is 5.95. The van der Waals surface area contributed by atoms with E-state index in [1.807, 2.05) is 50.2 Å². The van der Waals surface area contributed by atoms with Crippen LogP contribution < -0.4 is 21.3 Å². The lowest BCUT2D eigenvalue weighted by Crippen LogP contribution is -2.57. The molecule has 4 rings (SSSR count). The third kappa shape index (κ3) is 10.8. The fourth-order valence-electron chi connectivity index (χ4n) is 6.95. The van der Waals surface area contributed by atoms with Crippen molar-refractivity contribution in [3.05, 3.63) is 59.7 Å². The van der Waals surface area contributed by atoms with Gasteiger partial charge in [0.25, 0.3) is 0 Å². The van der Waals surface area contributed by atoms with Crippen LogP contribution in [0.25, 0.3) is 11.1 Å². The molecule has 2 aliphatic rings. The number of hydrogen-bond acceptors (Lipinski definition) is 7. The average Bonchev–Trinajstić information content (AvgIpc) is 3.39. The van der Waals surface area contributed by atoms with Crippen molar-refractivity contribution in [2.24, 2.45) is 11.8 Å². The van der Waals surface area contributed by atoms with Crippen molar-refractivity contribution in [2.45, 2.75) is 116 Å². The molecule has 0 aliphatic heterocycles. The van der Waals surface area contributed by atoms with Gasteiger partial charge in [-0.15, -0.1) is 0 Å². The highest BCUT2D eigenvalue weighted by atomic mass is 16.6. The predicted molar refractivity (Wildman–Crippen MR) is 191 cm³/mol. The molecule has 11 nitrogen and oxygen atoms in total. The maximum absolute atomic E-state index is 14.0. The number of amides is 4. The Morgan fingerprint density at radius 1 is 0.760 bits per heavy atom. The first-order valence-corrected chi connectivity index (χ1v) is 17.9. The van der Waals surface area contributed by atoms with Gasteiger partial charge < -0.3 is 30.7 Å². The minimum atomic E-state index is -1.35. The maximum Gasteiger partial charge on any atom is 0.407 e. The Balaban J connectivity index is 1.51. The maximum atomic E-state index is 14.0. The second kappa shape index (κ2) is 17.5. The Labute approximate surface area is 296 Å². The number of likely N-dealkylation sites (N-methyl/N-ethyl adjacent to an activating group) is 1. The van der Waals surface area contributed by atoms with Crippen LogP contribution >= 0.6 is 0 Å². The first-order valence-electron chi connectivity index (χ1n) is 17.9.